The lowest BCUT2D eigenvalue weighted by Gasteiger charge is -2.08. The van der Waals surface area contributed by atoms with E-state index in [2.05, 4.69) is 16.9 Å². The molecule has 0 aliphatic carbocycles. The first-order valence-electron chi connectivity index (χ1n) is 6.45. The van der Waals surface area contributed by atoms with E-state index in [-0.39, 0.29) is 0 Å². The van der Waals surface area contributed by atoms with E-state index < -0.39 is 0 Å². The Morgan fingerprint density at radius 1 is 1.12 bits per heavy atom. The van der Waals surface area contributed by atoms with Crippen molar-refractivity contribution in [3.8, 4) is 5.88 Å². The number of nitrogens with zero attached hydrogens (tertiary/aromatic N) is 2. The first kappa shape index (κ1) is 13.7. The molecule has 0 fully saturated rings. The largest absolute Gasteiger partial charge is 0.477 e. The van der Waals surface area contributed by atoms with Crippen LogP contribution in [0, 0.1) is 6.92 Å². The maximum absolute atomic E-state index is 5.67. The summed E-state index contributed by atoms with van der Waals surface area (Å²) >= 11 is 0. The van der Waals surface area contributed by atoms with Gasteiger partial charge in [0.25, 0.3) is 0 Å². The first-order valence-corrected chi connectivity index (χ1v) is 6.45. The molecule has 0 saturated heterocycles. The highest BCUT2D eigenvalue weighted by atomic mass is 16.5. The Bertz CT molecular complexity index is 328. The van der Waals surface area contributed by atoms with Crippen LogP contribution in [-0.4, -0.2) is 16.6 Å². The number of nitrogens with two attached hydrogens (primary N) is 1. The molecule has 0 unspecified atom stereocenters. The second-order valence-electron chi connectivity index (χ2n) is 4.31. The number of nitrogen functional groups attached to an aromatic ring is 1. The average Bonchev–Trinajstić information content (AvgIpc) is 2.33. The molecule has 0 atom stereocenters. The molecular formula is C13H23N3O. The van der Waals surface area contributed by atoms with Gasteiger partial charge in [-0.3, -0.25) is 0 Å². The van der Waals surface area contributed by atoms with Crippen LogP contribution in [0.5, 0.6) is 5.88 Å². The lowest BCUT2D eigenvalue weighted by atomic mass is 10.1. The summed E-state index contributed by atoms with van der Waals surface area (Å²) in [6.45, 7) is 4.82. The number of rotatable bonds is 8. The average molecular weight is 237 g/mol. The predicted molar refractivity (Wildman–Crippen MR) is 70.1 cm³/mol. The van der Waals surface area contributed by atoms with Crippen LogP contribution in [0.3, 0.4) is 0 Å². The monoisotopic (exact) mass is 237 g/mol. The van der Waals surface area contributed by atoms with Crippen LogP contribution in [0.25, 0.3) is 0 Å². The fraction of sp³-hybridized carbons (Fsp3) is 0.692. The van der Waals surface area contributed by atoms with Crippen molar-refractivity contribution in [3.63, 3.8) is 0 Å². The lowest BCUT2D eigenvalue weighted by Crippen LogP contribution is -2.04. The van der Waals surface area contributed by atoms with Crippen molar-refractivity contribution >= 4 is 5.82 Å². The molecule has 2 N–H and O–H groups in total. The van der Waals surface area contributed by atoms with Crippen LogP contribution >= 0.6 is 0 Å². The number of unbranched alkanes of at least 4 members (excludes halogenated alkanes) is 5. The van der Waals surface area contributed by atoms with Gasteiger partial charge in [-0.15, -0.1) is 0 Å². The number of anilines is 1. The minimum Gasteiger partial charge on any atom is -0.477 e. The van der Waals surface area contributed by atoms with E-state index in [1.165, 1.54) is 38.4 Å². The molecule has 1 aromatic rings. The van der Waals surface area contributed by atoms with Gasteiger partial charge in [0.2, 0.25) is 5.88 Å². The van der Waals surface area contributed by atoms with E-state index in [0.29, 0.717) is 18.3 Å². The van der Waals surface area contributed by atoms with Crippen LogP contribution in [-0.2, 0) is 0 Å². The van der Waals surface area contributed by atoms with E-state index in [9.17, 15) is 0 Å². The fourth-order valence-electron chi connectivity index (χ4n) is 1.64. The predicted octanol–water partition coefficient (Wildman–Crippen LogP) is 3.11. The van der Waals surface area contributed by atoms with Gasteiger partial charge < -0.3 is 10.5 Å². The Labute approximate surface area is 104 Å². The molecule has 1 heterocycles. The first-order chi connectivity index (χ1) is 8.25. The Morgan fingerprint density at radius 3 is 2.59 bits per heavy atom. The van der Waals surface area contributed by atoms with E-state index in [1.54, 1.807) is 0 Å². The van der Waals surface area contributed by atoms with Crippen molar-refractivity contribution in [1.29, 1.82) is 0 Å². The highest BCUT2D eigenvalue weighted by molar-refractivity contribution is 5.42. The number of hydrogen-bond donors (Lipinski definition) is 1. The van der Waals surface area contributed by atoms with E-state index in [0.717, 1.165) is 12.0 Å². The molecule has 1 aromatic heterocycles. The highest BCUT2D eigenvalue weighted by Crippen LogP contribution is 2.17. The van der Waals surface area contributed by atoms with Gasteiger partial charge >= 0.3 is 0 Å². The molecule has 4 nitrogen and oxygen atoms in total. The smallest absolute Gasteiger partial charge is 0.221 e. The molecule has 96 valence electrons. The zero-order chi connectivity index (χ0) is 12.5. The molecule has 0 radical (unpaired) electrons. The minimum absolute atomic E-state index is 0.498. The third-order valence-electron chi connectivity index (χ3n) is 2.81. The summed E-state index contributed by atoms with van der Waals surface area (Å²) < 4.78 is 5.59. The molecule has 0 bridgehead atoms. The van der Waals surface area contributed by atoms with E-state index >= 15 is 0 Å². The van der Waals surface area contributed by atoms with Gasteiger partial charge in [0.1, 0.15) is 12.1 Å². The van der Waals surface area contributed by atoms with Gasteiger partial charge in [0.15, 0.2) is 0 Å². The van der Waals surface area contributed by atoms with Gasteiger partial charge in [-0.25, -0.2) is 9.97 Å². The molecule has 4 heteroatoms. The SMILES string of the molecule is CCCCCCCCOc1ncnc(N)c1C. The summed E-state index contributed by atoms with van der Waals surface area (Å²) in [5, 5.41) is 0. The second kappa shape index (κ2) is 7.87. The lowest BCUT2D eigenvalue weighted by molar-refractivity contribution is 0.291. The Balaban J connectivity index is 2.16. The minimum atomic E-state index is 0.498. The quantitative estimate of drug-likeness (QED) is 0.706. The summed E-state index contributed by atoms with van der Waals surface area (Å²) in [5.41, 5.74) is 6.51. The third-order valence-corrected chi connectivity index (χ3v) is 2.81. The maximum Gasteiger partial charge on any atom is 0.221 e. The van der Waals surface area contributed by atoms with Crippen molar-refractivity contribution in [2.75, 3.05) is 12.3 Å². The van der Waals surface area contributed by atoms with Crippen LogP contribution < -0.4 is 10.5 Å². The zero-order valence-electron chi connectivity index (χ0n) is 10.9. The van der Waals surface area contributed by atoms with Crippen molar-refractivity contribution in [2.24, 2.45) is 0 Å². The standard InChI is InChI=1S/C13H23N3O/c1-3-4-5-6-7-8-9-17-13-11(2)12(14)15-10-16-13/h10H,3-9H2,1-2H3,(H2,14,15,16). The van der Waals surface area contributed by atoms with Gasteiger partial charge in [-0.2, -0.15) is 0 Å². The molecule has 0 amide bonds. The summed E-state index contributed by atoms with van der Waals surface area (Å²) in [4.78, 5) is 7.98. The second-order valence-corrected chi connectivity index (χ2v) is 4.31. The third kappa shape index (κ3) is 5.02. The number of ether oxygens (including phenoxy) is 1. The zero-order valence-corrected chi connectivity index (χ0v) is 10.9. The number of hydrogen-bond acceptors (Lipinski definition) is 4. The Hall–Kier alpha value is -1.32. The number of aromatic nitrogens is 2. The van der Waals surface area contributed by atoms with Crippen molar-refractivity contribution in [2.45, 2.75) is 52.4 Å². The van der Waals surface area contributed by atoms with Crippen molar-refractivity contribution < 1.29 is 4.74 Å². The van der Waals surface area contributed by atoms with Gasteiger partial charge in [-0.1, -0.05) is 39.0 Å². The molecule has 0 spiro atoms. The molecule has 0 aromatic carbocycles. The van der Waals surface area contributed by atoms with Crippen LogP contribution in [0.2, 0.25) is 0 Å². The van der Waals surface area contributed by atoms with Gasteiger partial charge in [0, 0.05) is 0 Å². The van der Waals surface area contributed by atoms with Crippen LogP contribution in [0.4, 0.5) is 5.82 Å². The van der Waals surface area contributed by atoms with E-state index in [1.807, 2.05) is 6.92 Å². The summed E-state index contributed by atoms with van der Waals surface area (Å²) in [7, 11) is 0. The highest BCUT2D eigenvalue weighted by Gasteiger charge is 2.04. The Kier molecular flexibility index (Phi) is 6.37. The summed E-state index contributed by atoms with van der Waals surface area (Å²) in [5.74, 6) is 1.11. The van der Waals surface area contributed by atoms with Crippen LogP contribution in [0.1, 0.15) is 51.0 Å². The van der Waals surface area contributed by atoms with Crippen molar-refractivity contribution in [1.82, 2.24) is 9.97 Å². The normalized spacial score (nSPS) is 10.5. The fourth-order valence-corrected chi connectivity index (χ4v) is 1.64. The van der Waals surface area contributed by atoms with Gasteiger partial charge in [0.05, 0.1) is 12.2 Å². The van der Waals surface area contributed by atoms with E-state index in [4.69, 9.17) is 10.5 Å². The molecular weight excluding hydrogens is 214 g/mol. The maximum atomic E-state index is 5.67. The van der Waals surface area contributed by atoms with Crippen LogP contribution in [0.15, 0.2) is 6.33 Å². The molecule has 0 aliphatic rings. The molecule has 0 saturated carbocycles. The topological polar surface area (TPSA) is 61.0 Å². The van der Waals surface area contributed by atoms with Gasteiger partial charge in [-0.05, 0) is 13.3 Å². The Morgan fingerprint density at radius 2 is 1.82 bits per heavy atom. The molecule has 0 aliphatic heterocycles. The summed E-state index contributed by atoms with van der Waals surface area (Å²) in [6, 6.07) is 0. The molecule has 1 rings (SSSR count). The summed E-state index contributed by atoms with van der Waals surface area (Å²) in [6.07, 6.45) is 8.99. The van der Waals surface area contributed by atoms with Crippen molar-refractivity contribution in [3.05, 3.63) is 11.9 Å². The molecule has 17 heavy (non-hydrogen) atoms.